The van der Waals surface area contributed by atoms with Gasteiger partial charge in [-0.15, -0.1) is 0 Å². The first-order valence-electron chi connectivity index (χ1n) is 8.67. The molecule has 0 spiro atoms. The topological polar surface area (TPSA) is 47.6 Å². The molecule has 0 aliphatic rings. The molecule has 0 bridgehead atoms. The average Bonchev–Trinajstić information content (AvgIpc) is 2.62. The van der Waals surface area contributed by atoms with Crippen molar-refractivity contribution in [1.82, 2.24) is 0 Å². The predicted octanol–water partition coefficient (Wildman–Crippen LogP) is 5.24. The first-order chi connectivity index (χ1) is 12.5. The third kappa shape index (κ3) is 5.63. The van der Waals surface area contributed by atoms with Crippen LogP contribution in [0.2, 0.25) is 5.02 Å². The number of rotatable bonds is 9. The van der Waals surface area contributed by atoms with E-state index in [1.807, 2.05) is 13.8 Å². The molecular weight excluding hydrogens is 357 g/mol. The molecule has 1 amide bonds. The first kappa shape index (κ1) is 20.0. The summed E-state index contributed by atoms with van der Waals surface area (Å²) >= 11 is 5.97. The summed E-state index contributed by atoms with van der Waals surface area (Å²) in [5.74, 6) is 0.348. The Morgan fingerprint density at radius 1 is 1.08 bits per heavy atom. The number of benzene rings is 2. The van der Waals surface area contributed by atoms with Crippen molar-refractivity contribution < 1.29 is 18.7 Å². The van der Waals surface area contributed by atoms with Crippen LogP contribution in [0.15, 0.2) is 36.4 Å². The Bertz CT molecular complexity index is 732. The van der Waals surface area contributed by atoms with E-state index < -0.39 is 5.82 Å². The number of nitrogens with one attached hydrogen (secondary N) is 1. The molecule has 6 heteroatoms. The van der Waals surface area contributed by atoms with Crippen LogP contribution in [0.3, 0.4) is 0 Å². The van der Waals surface area contributed by atoms with Gasteiger partial charge in [-0.25, -0.2) is 4.39 Å². The van der Waals surface area contributed by atoms with Crippen molar-refractivity contribution in [2.45, 2.75) is 33.1 Å². The summed E-state index contributed by atoms with van der Waals surface area (Å²) < 4.78 is 25.2. The van der Waals surface area contributed by atoms with Crippen molar-refractivity contribution in [2.75, 3.05) is 18.5 Å². The van der Waals surface area contributed by atoms with E-state index in [0.717, 1.165) is 12.8 Å². The normalized spacial score (nSPS) is 10.5. The minimum Gasteiger partial charge on any atom is -0.490 e. The quantitative estimate of drug-likeness (QED) is 0.648. The molecule has 0 saturated carbocycles. The van der Waals surface area contributed by atoms with Gasteiger partial charge in [0.25, 0.3) is 0 Å². The Hall–Kier alpha value is -2.27. The maximum Gasteiger partial charge on any atom is 0.228 e. The van der Waals surface area contributed by atoms with Gasteiger partial charge >= 0.3 is 0 Å². The molecule has 26 heavy (non-hydrogen) atoms. The number of anilines is 1. The van der Waals surface area contributed by atoms with Crippen molar-refractivity contribution in [2.24, 2.45) is 0 Å². The summed E-state index contributed by atoms with van der Waals surface area (Å²) in [6, 6.07) is 9.54. The molecule has 0 unspecified atom stereocenters. The molecule has 0 aliphatic carbocycles. The molecule has 140 valence electrons. The lowest BCUT2D eigenvalue weighted by Gasteiger charge is -2.14. The molecule has 1 N–H and O–H groups in total. The average molecular weight is 380 g/mol. The number of halogens is 2. The summed E-state index contributed by atoms with van der Waals surface area (Å²) in [5.41, 5.74) is 0.731. The third-order valence-electron chi connectivity index (χ3n) is 3.55. The smallest absolute Gasteiger partial charge is 0.228 e. The van der Waals surface area contributed by atoms with E-state index in [-0.39, 0.29) is 22.9 Å². The molecular formula is C20H23ClFNO3. The van der Waals surface area contributed by atoms with Gasteiger partial charge < -0.3 is 14.8 Å². The van der Waals surface area contributed by atoms with E-state index in [4.69, 9.17) is 21.1 Å². The number of carbonyl (C=O) groups excluding carboxylic acids is 1. The van der Waals surface area contributed by atoms with Gasteiger partial charge in [-0.05, 0) is 37.1 Å². The Morgan fingerprint density at radius 2 is 1.77 bits per heavy atom. The van der Waals surface area contributed by atoms with E-state index >= 15 is 0 Å². The van der Waals surface area contributed by atoms with Crippen LogP contribution in [0.1, 0.15) is 32.3 Å². The molecule has 0 aliphatic heterocycles. The zero-order chi connectivity index (χ0) is 18.9. The number of amides is 1. The highest BCUT2D eigenvalue weighted by atomic mass is 35.5. The maximum atomic E-state index is 13.8. The number of ether oxygens (including phenoxy) is 2. The summed E-state index contributed by atoms with van der Waals surface area (Å²) in [4.78, 5) is 12.3. The van der Waals surface area contributed by atoms with Crippen molar-refractivity contribution in [3.63, 3.8) is 0 Å². The molecule has 2 aromatic rings. The fourth-order valence-corrected chi connectivity index (χ4v) is 2.54. The fraction of sp³-hybridized carbons (Fsp3) is 0.350. The molecule has 4 nitrogen and oxygen atoms in total. The molecule has 0 aromatic heterocycles. The second-order valence-corrected chi connectivity index (χ2v) is 6.19. The van der Waals surface area contributed by atoms with Crippen LogP contribution < -0.4 is 14.8 Å². The highest BCUT2D eigenvalue weighted by molar-refractivity contribution is 6.31. The predicted molar refractivity (Wildman–Crippen MR) is 102 cm³/mol. The highest BCUT2D eigenvalue weighted by Crippen LogP contribution is 2.31. The van der Waals surface area contributed by atoms with E-state index in [0.29, 0.717) is 30.4 Å². The summed E-state index contributed by atoms with van der Waals surface area (Å²) in [6.45, 7) is 5.16. The standard InChI is InChI=1S/C20H23ClFNO3/c1-3-10-25-18-9-8-14(12-19(18)26-11-4-2)23-20(24)13-15-16(21)6-5-7-17(15)22/h5-9,12H,3-4,10-11,13H2,1-2H3,(H,23,24). The Morgan fingerprint density at radius 3 is 2.42 bits per heavy atom. The van der Waals surface area contributed by atoms with E-state index in [9.17, 15) is 9.18 Å². The first-order valence-corrected chi connectivity index (χ1v) is 9.05. The molecule has 0 fully saturated rings. The lowest BCUT2D eigenvalue weighted by molar-refractivity contribution is -0.115. The number of hydrogen-bond acceptors (Lipinski definition) is 3. The van der Waals surface area contributed by atoms with Crippen LogP contribution >= 0.6 is 11.6 Å². The largest absolute Gasteiger partial charge is 0.490 e. The fourth-order valence-electron chi connectivity index (χ4n) is 2.31. The SMILES string of the molecule is CCCOc1ccc(NC(=O)Cc2c(F)cccc2Cl)cc1OCCC. The van der Waals surface area contributed by atoms with Gasteiger partial charge in [0.15, 0.2) is 11.5 Å². The number of carbonyl (C=O) groups is 1. The molecule has 0 heterocycles. The van der Waals surface area contributed by atoms with Gasteiger partial charge in [0, 0.05) is 22.3 Å². The number of hydrogen-bond donors (Lipinski definition) is 1. The minimum absolute atomic E-state index is 0.148. The summed E-state index contributed by atoms with van der Waals surface area (Å²) in [7, 11) is 0. The van der Waals surface area contributed by atoms with Crippen LogP contribution in [0, 0.1) is 5.82 Å². The molecule has 2 aromatic carbocycles. The van der Waals surface area contributed by atoms with Gasteiger partial charge in [-0.3, -0.25) is 4.79 Å². The monoisotopic (exact) mass is 379 g/mol. The van der Waals surface area contributed by atoms with E-state index in [2.05, 4.69) is 5.32 Å². The van der Waals surface area contributed by atoms with Gasteiger partial charge in [-0.1, -0.05) is 31.5 Å². The van der Waals surface area contributed by atoms with Crippen LogP contribution in [-0.2, 0) is 11.2 Å². The van der Waals surface area contributed by atoms with Crippen molar-refractivity contribution in [3.8, 4) is 11.5 Å². The van der Waals surface area contributed by atoms with Gasteiger partial charge in [-0.2, -0.15) is 0 Å². The molecule has 0 radical (unpaired) electrons. The second kappa shape index (κ2) is 10.0. The summed E-state index contributed by atoms with van der Waals surface area (Å²) in [6.07, 6.45) is 1.59. The minimum atomic E-state index is -0.497. The lowest BCUT2D eigenvalue weighted by Crippen LogP contribution is -2.15. The van der Waals surface area contributed by atoms with E-state index in [1.54, 1.807) is 24.3 Å². The van der Waals surface area contributed by atoms with Crippen molar-refractivity contribution in [3.05, 3.63) is 52.8 Å². The van der Waals surface area contributed by atoms with E-state index in [1.165, 1.54) is 12.1 Å². The van der Waals surface area contributed by atoms with Crippen LogP contribution in [0.4, 0.5) is 10.1 Å². The highest BCUT2D eigenvalue weighted by Gasteiger charge is 2.13. The molecule has 0 atom stereocenters. The summed E-state index contributed by atoms with van der Waals surface area (Å²) in [5, 5.41) is 2.98. The zero-order valence-electron chi connectivity index (χ0n) is 15.0. The molecule has 2 rings (SSSR count). The van der Waals surface area contributed by atoms with Crippen molar-refractivity contribution in [1.29, 1.82) is 0 Å². The Labute approximate surface area is 158 Å². The van der Waals surface area contributed by atoms with Crippen LogP contribution in [0.25, 0.3) is 0 Å². The third-order valence-corrected chi connectivity index (χ3v) is 3.90. The van der Waals surface area contributed by atoms with Crippen LogP contribution in [-0.4, -0.2) is 19.1 Å². The zero-order valence-corrected chi connectivity index (χ0v) is 15.7. The van der Waals surface area contributed by atoms with Gasteiger partial charge in [0.2, 0.25) is 5.91 Å². The maximum absolute atomic E-state index is 13.8. The van der Waals surface area contributed by atoms with Crippen LogP contribution in [0.5, 0.6) is 11.5 Å². The molecule has 0 saturated heterocycles. The Kier molecular flexibility index (Phi) is 7.73. The lowest BCUT2D eigenvalue weighted by atomic mass is 10.1. The van der Waals surface area contributed by atoms with Gasteiger partial charge in [0.1, 0.15) is 5.82 Å². The Balaban J connectivity index is 2.11. The second-order valence-electron chi connectivity index (χ2n) is 5.78. The van der Waals surface area contributed by atoms with Crippen molar-refractivity contribution >= 4 is 23.2 Å². The van der Waals surface area contributed by atoms with Gasteiger partial charge in [0.05, 0.1) is 19.6 Å².